The Morgan fingerprint density at radius 1 is 1.23 bits per heavy atom. The maximum Gasteiger partial charge on any atom is 0.336 e. The van der Waals surface area contributed by atoms with Gasteiger partial charge in [0, 0.05) is 5.54 Å². The Bertz CT molecular complexity index is 131. The fourth-order valence-corrected chi connectivity index (χ4v) is 3.09. The largest absolute Gasteiger partial charge is 0.410 e. The molecule has 0 saturated carbocycles. The van der Waals surface area contributed by atoms with E-state index in [-0.39, 0.29) is 5.54 Å². The van der Waals surface area contributed by atoms with Crippen LogP contribution in [0.15, 0.2) is 0 Å². The Morgan fingerprint density at radius 3 is 2.23 bits per heavy atom. The third-order valence-electron chi connectivity index (χ3n) is 2.61. The highest BCUT2D eigenvalue weighted by Crippen LogP contribution is 2.25. The van der Waals surface area contributed by atoms with Gasteiger partial charge in [0.25, 0.3) is 0 Å². The molecule has 0 amide bonds. The SMILES string of the molecule is CCCCCC(CN)[Si](O)(O)CC. The molecule has 0 saturated heterocycles. The van der Waals surface area contributed by atoms with E-state index in [1.165, 1.54) is 0 Å². The maximum absolute atomic E-state index is 9.70. The molecule has 13 heavy (non-hydrogen) atoms. The van der Waals surface area contributed by atoms with E-state index in [1.54, 1.807) is 0 Å². The van der Waals surface area contributed by atoms with Crippen LogP contribution in [0.4, 0.5) is 0 Å². The van der Waals surface area contributed by atoms with E-state index in [0.29, 0.717) is 12.6 Å². The Hall–Kier alpha value is 0.0969. The van der Waals surface area contributed by atoms with Crippen LogP contribution < -0.4 is 5.73 Å². The first-order chi connectivity index (χ1) is 6.08. The summed E-state index contributed by atoms with van der Waals surface area (Å²) in [6.45, 7) is 4.38. The lowest BCUT2D eigenvalue weighted by atomic mass is 10.1. The average Bonchev–Trinajstić information content (AvgIpc) is 2.12. The molecule has 0 rings (SSSR count). The first-order valence-corrected chi connectivity index (χ1v) is 7.41. The summed E-state index contributed by atoms with van der Waals surface area (Å²) in [6, 6.07) is 0.487. The maximum atomic E-state index is 9.70. The van der Waals surface area contributed by atoms with Gasteiger partial charge in [-0.1, -0.05) is 33.1 Å². The summed E-state index contributed by atoms with van der Waals surface area (Å²) in [5.74, 6) is 0. The molecule has 0 spiro atoms. The van der Waals surface area contributed by atoms with E-state index in [1.807, 2.05) is 6.92 Å². The van der Waals surface area contributed by atoms with Crippen LogP contribution in [0.2, 0.25) is 11.6 Å². The standard InChI is InChI=1S/C9H23NO2Si/c1-3-5-6-7-9(8-10)13(11,12)4-2/h9,11-12H,3-8,10H2,1-2H3. The van der Waals surface area contributed by atoms with E-state index in [0.717, 1.165) is 25.7 Å². The van der Waals surface area contributed by atoms with Crippen molar-refractivity contribution in [2.24, 2.45) is 5.73 Å². The van der Waals surface area contributed by atoms with Crippen LogP contribution in [0, 0.1) is 0 Å². The minimum absolute atomic E-state index is 0.0379. The van der Waals surface area contributed by atoms with Crippen molar-refractivity contribution in [1.82, 2.24) is 0 Å². The highest BCUT2D eigenvalue weighted by molar-refractivity contribution is 6.66. The molecular weight excluding hydrogens is 182 g/mol. The van der Waals surface area contributed by atoms with Gasteiger partial charge >= 0.3 is 8.56 Å². The smallest absolute Gasteiger partial charge is 0.336 e. The number of hydrogen-bond donors (Lipinski definition) is 3. The highest BCUT2D eigenvalue weighted by atomic mass is 28.4. The van der Waals surface area contributed by atoms with Crippen molar-refractivity contribution in [3.8, 4) is 0 Å². The van der Waals surface area contributed by atoms with Crippen molar-refractivity contribution >= 4 is 8.56 Å². The molecule has 0 aliphatic heterocycles. The lowest BCUT2D eigenvalue weighted by Crippen LogP contribution is -2.43. The molecule has 80 valence electrons. The Morgan fingerprint density at radius 2 is 1.85 bits per heavy atom. The van der Waals surface area contributed by atoms with Crippen molar-refractivity contribution in [3.63, 3.8) is 0 Å². The number of nitrogens with two attached hydrogens (primary N) is 1. The second kappa shape index (κ2) is 6.54. The van der Waals surface area contributed by atoms with Gasteiger partial charge in [0.2, 0.25) is 0 Å². The molecule has 0 radical (unpaired) electrons. The van der Waals surface area contributed by atoms with Crippen molar-refractivity contribution in [1.29, 1.82) is 0 Å². The third kappa shape index (κ3) is 4.76. The molecule has 1 atom stereocenters. The summed E-state index contributed by atoms with van der Waals surface area (Å²) in [4.78, 5) is 19.4. The molecular formula is C9H23NO2Si. The van der Waals surface area contributed by atoms with E-state index >= 15 is 0 Å². The Labute approximate surface area is 82.2 Å². The first-order valence-electron chi connectivity index (χ1n) is 5.23. The summed E-state index contributed by atoms with van der Waals surface area (Å²) < 4.78 is 0. The lowest BCUT2D eigenvalue weighted by Gasteiger charge is -2.25. The predicted molar refractivity (Wildman–Crippen MR) is 57.6 cm³/mol. The zero-order valence-electron chi connectivity index (χ0n) is 8.79. The molecule has 0 fully saturated rings. The zero-order chi connectivity index (χ0) is 10.3. The summed E-state index contributed by atoms with van der Waals surface area (Å²) in [5.41, 5.74) is 5.49. The number of unbranched alkanes of at least 4 members (excludes halogenated alkanes) is 2. The van der Waals surface area contributed by atoms with Gasteiger partial charge in [0.1, 0.15) is 0 Å². The van der Waals surface area contributed by atoms with Gasteiger partial charge in [0.15, 0.2) is 0 Å². The van der Waals surface area contributed by atoms with Crippen LogP contribution in [-0.2, 0) is 0 Å². The summed E-state index contributed by atoms with van der Waals surface area (Å²) >= 11 is 0. The minimum Gasteiger partial charge on any atom is -0.410 e. The van der Waals surface area contributed by atoms with Crippen LogP contribution in [0.3, 0.4) is 0 Å². The summed E-state index contributed by atoms with van der Waals surface area (Å²) in [6.07, 6.45) is 4.26. The molecule has 0 heterocycles. The van der Waals surface area contributed by atoms with Gasteiger partial charge in [-0.15, -0.1) is 0 Å². The molecule has 4 N–H and O–H groups in total. The first kappa shape index (κ1) is 13.1. The van der Waals surface area contributed by atoms with Crippen LogP contribution in [0.5, 0.6) is 0 Å². The Kier molecular flexibility index (Phi) is 6.58. The quantitative estimate of drug-likeness (QED) is 0.434. The lowest BCUT2D eigenvalue weighted by molar-refractivity contribution is 0.332. The normalized spacial score (nSPS) is 14.5. The minimum atomic E-state index is -2.98. The fraction of sp³-hybridized carbons (Fsp3) is 1.00. The monoisotopic (exact) mass is 205 g/mol. The van der Waals surface area contributed by atoms with Crippen molar-refractivity contribution in [2.75, 3.05) is 6.54 Å². The molecule has 0 aromatic rings. The van der Waals surface area contributed by atoms with Gasteiger partial charge in [0.05, 0.1) is 0 Å². The van der Waals surface area contributed by atoms with Gasteiger partial charge in [-0.05, 0) is 19.0 Å². The summed E-state index contributed by atoms with van der Waals surface area (Å²) in [7, 11) is -2.98. The topological polar surface area (TPSA) is 66.5 Å². The number of hydrogen-bond acceptors (Lipinski definition) is 3. The molecule has 0 aliphatic rings. The second-order valence-corrected chi connectivity index (χ2v) is 6.94. The number of rotatable bonds is 7. The molecule has 3 nitrogen and oxygen atoms in total. The molecule has 0 bridgehead atoms. The molecule has 0 aromatic carbocycles. The molecule has 0 aromatic heterocycles. The molecule has 1 unspecified atom stereocenters. The van der Waals surface area contributed by atoms with Gasteiger partial charge in [-0.2, -0.15) is 0 Å². The van der Waals surface area contributed by atoms with Crippen molar-refractivity contribution in [3.05, 3.63) is 0 Å². The third-order valence-corrected chi connectivity index (χ3v) is 5.49. The van der Waals surface area contributed by atoms with E-state index in [2.05, 4.69) is 6.92 Å². The van der Waals surface area contributed by atoms with Crippen LogP contribution in [0.25, 0.3) is 0 Å². The van der Waals surface area contributed by atoms with Crippen LogP contribution >= 0.6 is 0 Å². The van der Waals surface area contributed by atoms with Gasteiger partial charge < -0.3 is 15.3 Å². The second-order valence-electron chi connectivity index (χ2n) is 3.66. The zero-order valence-corrected chi connectivity index (χ0v) is 9.79. The van der Waals surface area contributed by atoms with E-state index in [9.17, 15) is 9.59 Å². The Balaban J connectivity index is 3.87. The predicted octanol–water partition coefficient (Wildman–Crippen LogP) is 1.34. The fourth-order valence-electron chi connectivity index (χ4n) is 1.47. The highest BCUT2D eigenvalue weighted by Gasteiger charge is 2.35. The van der Waals surface area contributed by atoms with Crippen molar-refractivity contribution in [2.45, 2.75) is 51.1 Å². The van der Waals surface area contributed by atoms with E-state index < -0.39 is 8.56 Å². The molecule has 4 heteroatoms. The van der Waals surface area contributed by atoms with Gasteiger partial charge in [-0.3, -0.25) is 0 Å². The van der Waals surface area contributed by atoms with Crippen LogP contribution in [-0.4, -0.2) is 24.7 Å². The van der Waals surface area contributed by atoms with Crippen molar-refractivity contribution < 1.29 is 9.59 Å². The van der Waals surface area contributed by atoms with Crippen LogP contribution in [0.1, 0.15) is 39.5 Å². The van der Waals surface area contributed by atoms with Gasteiger partial charge in [-0.25, -0.2) is 0 Å². The molecule has 0 aliphatic carbocycles. The summed E-state index contributed by atoms with van der Waals surface area (Å²) in [5, 5.41) is 0. The van der Waals surface area contributed by atoms with E-state index in [4.69, 9.17) is 5.73 Å². The average molecular weight is 205 g/mol.